The van der Waals surface area contributed by atoms with Crippen LogP contribution in [0.3, 0.4) is 0 Å². The average Bonchev–Trinajstić information content (AvgIpc) is 2.95. The molecule has 1 aromatic heterocycles. The van der Waals surface area contributed by atoms with Crippen molar-refractivity contribution in [2.24, 2.45) is 0 Å². The van der Waals surface area contributed by atoms with Crippen LogP contribution < -0.4 is 0 Å². The second-order valence-corrected chi connectivity index (χ2v) is 8.33. The molecule has 0 N–H and O–H groups in total. The van der Waals surface area contributed by atoms with Crippen LogP contribution in [-0.4, -0.2) is 34.1 Å². The lowest BCUT2D eigenvalue weighted by molar-refractivity contribution is 0.336. The lowest BCUT2D eigenvalue weighted by Gasteiger charge is -2.25. The molecule has 132 valence electrons. The Bertz CT molecular complexity index is 785. The van der Waals surface area contributed by atoms with Crippen LogP contribution in [-0.2, 0) is 23.1 Å². The molecule has 0 amide bonds. The second-order valence-electron chi connectivity index (χ2n) is 5.71. The summed E-state index contributed by atoms with van der Waals surface area (Å²) < 4.78 is 41.6. The monoisotopic (exact) mass is 373 g/mol. The fraction of sp³-hybridized carbons (Fsp3) is 0.438. The lowest BCUT2D eigenvalue weighted by Crippen LogP contribution is -2.38. The van der Waals surface area contributed by atoms with Gasteiger partial charge < -0.3 is 4.57 Å². The first-order valence-corrected chi connectivity index (χ1v) is 9.67. The number of benzene rings is 1. The van der Waals surface area contributed by atoms with Gasteiger partial charge in [0, 0.05) is 29.0 Å². The van der Waals surface area contributed by atoms with Crippen LogP contribution in [0.15, 0.2) is 30.6 Å². The van der Waals surface area contributed by atoms with E-state index in [-0.39, 0.29) is 24.9 Å². The molecule has 0 aliphatic carbocycles. The fourth-order valence-corrected chi connectivity index (χ4v) is 3.91. The summed E-state index contributed by atoms with van der Waals surface area (Å²) in [6.45, 7) is 5.56. The zero-order valence-electron chi connectivity index (χ0n) is 13.9. The minimum absolute atomic E-state index is 0.0189. The zero-order valence-corrected chi connectivity index (χ0v) is 15.5. The summed E-state index contributed by atoms with van der Waals surface area (Å²) in [4.78, 5) is 4.23. The van der Waals surface area contributed by atoms with Gasteiger partial charge in [-0.25, -0.2) is 17.8 Å². The van der Waals surface area contributed by atoms with Crippen molar-refractivity contribution in [1.82, 2.24) is 13.9 Å². The minimum atomic E-state index is -3.36. The number of nitrogens with zero attached hydrogens (tertiary/aromatic N) is 3. The Morgan fingerprint density at radius 1 is 1.38 bits per heavy atom. The molecule has 0 unspecified atom stereocenters. The Kier molecular flexibility index (Phi) is 6.01. The number of sulfonamides is 1. The molecule has 0 saturated heterocycles. The van der Waals surface area contributed by atoms with Gasteiger partial charge in [0.1, 0.15) is 11.6 Å². The predicted molar refractivity (Wildman–Crippen MR) is 92.9 cm³/mol. The van der Waals surface area contributed by atoms with Gasteiger partial charge >= 0.3 is 0 Å². The smallest absolute Gasteiger partial charge is 0.214 e. The van der Waals surface area contributed by atoms with Crippen molar-refractivity contribution in [3.8, 4) is 0 Å². The fourth-order valence-electron chi connectivity index (χ4n) is 2.40. The van der Waals surface area contributed by atoms with Gasteiger partial charge in [-0.15, -0.1) is 0 Å². The third-order valence-electron chi connectivity index (χ3n) is 3.79. The van der Waals surface area contributed by atoms with E-state index in [1.54, 1.807) is 36.0 Å². The Balaban J connectivity index is 2.30. The molecule has 24 heavy (non-hydrogen) atoms. The largest absolute Gasteiger partial charge is 0.329 e. The van der Waals surface area contributed by atoms with Crippen LogP contribution in [0.25, 0.3) is 0 Å². The van der Waals surface area contributed by atoms with Gasteiger partial charge in [0.2, 0.25) is 10.0 Å². The first-order chi connectivity index (χ1) is 11.3. The number of hydrogen-bond acceptors (Lipinski definition) is 3. The Morgan fingerprint density at radius 2 is 2.08 bits per heavy atom. The van der Waals surface area contributed by atoms with Gasteiger partial charge in [-0.2, -0.15) is 4.31 Å². The molecular weight excluding hydrogens is 353 g/mol. The highest BCUT2D eigenvalue weighted by atomic mass is 35.5. The van der Waals surface area contributed by atoms with E-state index in [0.717, 1.165) is 0 Å². The average molecular weight is 374 g/mol. The van der Waals surface area contributed by atoms with E-state index in [9.17, 15) is 12.8 Å². The van der Waals surface area contributed by atoms with Crippen LogP contribution in [0, 0.1) is 5.82 Å². The number of hydrogen-bond donors (Lipinski definition) is 0. The van der Waals surface area contributed by atoms with Crippen molar-refractivity contribution < 1.29 is 12.8 Å². The molecule has 0 radical (unpaired) electrons. The van der Waals surface area contributed by atoms with Crippen LogP contribution in [0.1, 0.15) is 32.2 Å². The molecule has 8 heteroatoms. The highest BCUT2D eigenvalue weighted by molar-refractivity contribution is 7.89. The Morgan fingerprint density at radius 3 is 2.67 bits per heavy atom. The normalized spacial score (nSPS) is 12.3. The third-order valence-corrected chi connectivity index (χ3v) is 6.14. The summed E-state index contributed by atoms with van der Waals surface area (Å²) in [5, 5.41) is 0.330. The standard InChI is InChI=1S/C16H21ClFN3O2S/c1-4-24(22,23)21(12(2)3)11-16-19-8-9-20(16)10-13-14(17)6-5-7-15(13)18/h5-9,12H,4,10-11H2,1-3H3. The number of aromatic nitrogens is 2. The van der Waals surface area contributed by atoms with E-state index in [4.69, 9.17) is 11.6 Å². The summed E-state index contributed by atoms with van der Waals surface area (Å²) in [5.74, 6) is 0.162. The van der Waals surface area contributed by atoms with Crippen molar-refractivity contribution in [3.63, 3.8) is 0 Å². The molecule has 0 atom stereocenters. The van der Waals surface area contributed by atoms with E-state index >= 15 is 0 Å². The summed E-state index contributed by atoms with van der Waals surface area (Å²) in [7, 11) is -3.36. The molecule has 1 heterocycles. The van der Waals surface area contributed by atoms with Gasteiger partial charge in [0.05, 0.1) is 18.8 Å². The Labute approximate surface area is 147 Å². The van der Waals surface area contributed by atoms with Crippen LogP contribution in [0.2, 0.25) is 5.02 Å². The molecule has 0 spiro atoms. The SMILES string of the molecule is CCS(=O)(=O)N(Cc1nccn1Cc1c(F)cccc1Cl)C(C)C. The first kappa shape index (κ1) is 18.9. The van der Waals surface area contributed by atoms with Crippen molar-refractivity contribution >= 4 is 21.6 Å². The van der Waals surface area contributed by atoms with E-state index in [0.29, 0.717) is 16.4 Å². The summed E-state index contributed by atoms with van der Waals surface area (Å²) in [6.07, 6.45) is 3.26. The minimum Gasteiger partial charge on any atom is -0.329 e. The van der Waals surface area contributed by atoms with Crippen molar-refractivity contribution in [2.45, 2.75) is 39.9 Å². The summed E-state index contributed by atoms with van der Waals surface area (Å²) >= 11 is 6.07. The van der Waals surface area contributed by atoms with E-state index in [1.165, 1.54) is 10.4 Å². The van der Waals surface area contributed by atoms with E-state index < -0.39 is 15.8 Å². The molecular formula is C16H21ClFN3O2S. The zero-order chi connectivity index (χ0) is 17.9. The van der Waals surface area contributed by atoms with Gasteiger partial charge in [-0.05, 0) is 32.9 Å². The van der Waals surface area contributed by atoms with Crippen molar-refractivity contribution in [3.05, 3.63) is 52.8 Å². The predicted octanol–water partition coefficient (Wildman–Crippen LogP) is 3.28. The maximum Gasteiger partial charge on any atom is 0.214 e. The first-order valence-electron chi connectivity index (χ1n) is 7.68. The molecule has 2 aromatic rings. The molecule has 0 aliphatic rings. The molecule has 0 fully saturated rings. The van der Waals surface area contributed by atoms with E-state index in [2.05, 4.69) is 4.98 Å². The summed E-state index contributed by atoms with van der Waals surface area (Å²) in [6, 6.07) is 4.32. The van der Waals surface area contributed by atoms with Crippen LogP contribution in [0.4, 0.5) is 4.39 Å². The Hall–Kier alpha value is -1.44. The number of halogens is 2. The highest BCUT2D eigenvalue weighted by Crippen LogP contribution is 2.21. The highest BCUT2D eigenvalue weighted by Gasteiger charge is 2.25. The van der Waals surface area contributed by atoms with Gasteiger partial charge in [0.25, 0.3) is 0 Å². The van der Waals surface area contributed by atoms with Gasteiger partial charge in [-0.3, -0.25) is 0 Å². The molecule has 1 aromatic carbocycles. The van der Waals surface area contributed by atoms with Gasteiger partial charge in [-0.1, -0.05) is 17.7 Å². The molecule has 5 nitrogen and oxygen atoms in total. The topological polar surface area (TPSA) is 55.2 Å². The molecule has 0 aliphatic heterocycles. The van der Waals surface area contributed by atoms with E-state index in [1.807, 2.05) is 13.8 Å². The number of imidazole rings is 1. The molecule has 0 saturated carbocycles. The van der Waals surface area contributed by atoms with Crippen molar-refractivity contribution in [1.29, 1.82) is 0 Å². The van der Waals surface area contributed by atoms with Crippen molar-refractivity contribution in [2.75, 3.05) is 5.75 Å². The lowest BCUT2D eigenvalue weighted by atomic mass is 10.2. The molecule has 2 rings (SSSR count). The van der Waals surface area contributed by atoms with Crippen LogP contribution in [0.5, 0.6) is 0 Å². The molecule has 0 bridgehead atoms. The quantitative estimate of drug-likeness (QED) is 0.748. The van der Waals surface area contributed by atoms with Crippen LogP contribution >= 0.6 is 11.6 Å². The maximum absolute atomic E-state index is 14.0. The number of rotatable bonds is 7. The maximum atomic E-state index is 14.0. The third kappa shape index (κ3) is 4.15. The second kappa shape index (κ2) is 7.63. The summed E-state index contributed by atoms with van der Waals surface area (Å²) in [5.41, 5.74) is 0.355. The van der Waals surface area contributed by atoms with Gasteiger partial charge in [0.15, 0.2) is 0 Å².